The van der Waals surface area contributed by atoms with Gasteiger partial charge in [0.15, 0.2) is 0 Å². The van der Waals surface area contributed by atoms with Gasteiger partial charge in [0.1, 0.15) is 5.75 Å². The van der Waals surface area contributed by atoms with Crippen molar-refractivity contribution < 1.29 is 24.2 Å². The average Bonchev–Trinajstić information content (AvgIpc) is 2.72. The van der Waals surface area contributed by atoms with E-state index in [1.54, 1.807) is 0 Å². The highest BCUT2D eigenvalue weighted by molar-refractivity contribution is 6.05. The van der Waals surface area contributed by atoms with E-state index in [1.807, 2.05) is 6.92 Å². The number of carbonyl (C=O) groups excluding carboxylic acids is 2. The van der Waals surface area contributed by atoms with E-state index in [9.17, 15) is 29.8 Å². The fraction of sp³-hybridized carbons (Fsp3) is 0.263. The molecule has 0 saturated carbocycles. The third kappa shape index (κ3) is 5.74. The molecule has 11 heteroatoms. The van der Waals surface area contributed by atoms with E-state index in [-0.39, 0.29) is 17.2 Å². The van der Waals surface area contributed by atoms with Crippen LogP contribution in [0.2, 0.25) is 0 Å². The van der Waals surface area contributed by atoms with Crippen LogP contribution in [-0.2, 0) is 4.79 Å². The van der Waals surface area contributed by atoms with E-state index in [1.165, 1.54) is 25.3 Å². The molecule has 2 aromatic rings. The largest absolute Gasteiger partial charge is 0.494 e. The molecule has 0 aliphatic heterocycles. The zero-order valence-corrected chi connectivity index (χ0v) is 16.3. The van der Waals surface area contributed by atoms with Gasteiger partial charge in [0, 0.05) is 30.3 Å². The normalized spacial score (nSPS) is 10.2. The average molecular weight is 416 g/mol. The first kappa shape index (κ1) is 22.3. The molecule has 158 valence electrons. The summed E-state index contributed by atoms with van der Waals surface area (Å²) in [6.07, 6.45) is 1.99. The maximum Gasteiger partial charge on any atom is 0.277 e. The molecule has 0 radical (unpaired) electrons. The summed E-state index contributed by atoms with van der Waals surface area (Å²) in [4.78, 5) is 44.7. The number of benzene rings is 2. The predicted octanol–water partition coefficient (Wildman–Crippen LogP) is 3.89. The molecule has 0 unspecified atom stereocenters. The number of rotatable bonds is 9. The smallest absolute Gasteiger partial charge is 0.277 e. The molecule has 2 amide bonds. The molecule has 0 aromatic heterocycles. The van der Waals surface area contributed by atoms with Gasteiger partial charge in [-0.15, -0.1) is 0 Å². The molecule has 0 spiro atoms. The van der Waals surface area contributed by atoms with Gasteiger partial charge in [-0.2, -0.15) is 0 Å². The van der Waals surface area contributed by atoms with Crippen LogP contribution in [0.5, 0.6) is 5.75 Å². The summed E-state index contributed by atoms with van der Waals surface area (Å²) in [5, 5.41) is 27.2. The van der Waals surface area contributed by atoms with Crippen molar-refractivity contribution in [2.75, 3.05) is 17.7 Å². The summed E-state index contributed by atoms with van der Waals surface area (Å²) in [7, 11) is 1.40. The first-order chi connectivity index (χ1) is 14.2. The minimum Gasteiger partial charge on any atom is -0.494 e. The van der Waals surface area contributed by atoms with E-state index >= 15 is 0 Å². The van der Waals surface area contributed by atoms with Crippen LogP contribution in [-0.4, -0.2) is 28.8 Å². The van der Waals surface area contributed by atoms with Crippen molar-refractivity contribution in [2.24, 2.45) is 0 Å². The molecule has 2 aromatic carbocycles. The molecule has 11 nitrogen and oxygen atoms in total. The van der Waals surface area contributed by atoms with Crippen LogP contribution < -0.4 is 15.4 Å². The Morgan fingerprint density at radius 3 is 2.17 bits per heavy atom. The van der Waals surface area contributed by atoms with E-state index in [0.717, 1.165) is 31.0 Å². The lowest BCUT2D eigenvalue weighted by Crippen LogP contribution is -2.14. The van der Waals surface area contributed by atoms with Gasteiger partial charge in [0.2, 0.25) is 5.91 Å². The summed E-state index contributed by atoms with van der Waals surface area (Å²) < 4.78 is 5.24. The highest BCUT2D eigenvalue weighted by Gasteiger charge is 2.20. The molecule has 2 N–H and O–H groups in total. The van der Waals surface area contributed by atoms with E-state index in [0.29, 0.717) is 17.9 Å². The molecule has 0 saturated heterocycles. The van der Waals surface area contributed by atoms with Crippen molar-refractivity contribution >= 4 is 34.6 Å². The van der Waals surface area contributed by atoms with Crippen molar-refractivity contribution in [3.05, 3.63) is 62.2 Å². The number of non-ortho nitro benzene ring substituents is 2. The molecule has 0 atom stereocenters. The number of carbonyl (C=O) groups is 2. The van der Waals surface area contributed by atoms with Crippen LogP contribution in [0.15, 0.2) is 36.4 Å². The molecule has 0 fully saturated rings. The fourth-order valence-corrected chi connectivity index (χ4v) is 2.56. The number of unbranched alkanes of at least 4 members (excludes halogenated alkanes) is 1. The van der Waals surface area contributed by atoms with Crippen LogP contribution >= 0.6 is 0 Å². The number of nitro groups is 2. The third-order valence-electron chi connectivity index (χ3n) is 4.08. The summed E-state index contributed by atoms with van der Waals surface area (Å²) in [6, 6.07) is 7.16. The molecule has 0 aliphatic rings. The van der Waals surface area contributed by atoms with Crippen molar-refractivity contribution in [3.63, 3.8) is 0 Å². The number of ether oxygens (including phenoxy) is 1. The predicted molar refractivity (Wildman–Crippen MR) is 109 cm³/mol. The molecule has 2 rings (SSSR count). The van der Waals surface area contributed by atoms with Crippen molar-refractivity contribution in [2.45, 2.75) is 26.2 Å². The maximum atomic E-state index is 12.5. The van der Waals surface area contributed by atoms with Gasteiger partial charge in [-0.1, -0.05) is 13.3 Å². The Morgan fingerprint density at radius 1 is 1.00 bits per heavy atom. The number of methoxy groups -OCH3 is 1. The van der Waals surface area contributed by atoms with Crippen LogP contribution in [0.25, 0.3) is 0 Å². The zero-order chi connectivity index (χ0) is 22.3. The van der Waals surface area contributed by atoms with Gasteiger partial charge < -0.3 is 15.4 Å². The summed E-state index contributed by atoms with van der Waals surface area (Å²) in [5.41, 5.74) is -0.693. The number of amides is 2. The SMILES string of the molecule is CCCCC(=O)Nc1ccc(NC(=O)c2cc([N+](=O)[O-])cc([N+](=O)[O-])c2)cc1OC. The molecular weight excluding hydrogens is 396 g/mol. The number of anilines is 2. The first-order valence-corrected chi connectivity index (χ1v) is 8.98. The fourth-order valence-electron chi connectivity index (χ4n) is 2.56. The second kappa shape index (κ2) is 9.96. The van der Waals surface area contributed by atoms with Crippen LogP contribution in [0.4, 0.5) is 22.7 Å². The number of hydrogen-bond acceptors (Lipinski definition) is 7. The van der Waals surface area contributed by atoms with Gasteiger partial charge in [0.05, 0.1) is 34.3 Å². The summed E-state index contributed by atoms with van der Waals surface area (Å²) in [6.45, 7) is 1.97. The Bertz CT molecular complexity index is 959. The minimum atomic E-state index is -0.817. The van der Waals surface area contributed by atoms with E-state index in [4.69, 9.17) is 4.74 Å². The number of nitrogens with zero attached hydrogens (tertiary/aromatic N) is 2. The van der Waals surface area contributed by atoms with Crippen LogP contribution in [0.1, 0.15) is 36.5 Å². The summed E-state index contributed by atoms with van der Waals surface area (Å²) in [5.74, 6) is -0.651. The standard InChI is InChI=1S/C19H20N4O7/c1-3-4-5-18(24)21-16-7-6-13(10-17(16)30-2)20-19(25)12-8-14(22(26)27)11-15(9-12)23(28)29/h6-11H,3-5H2,1-2H3,(H,20,25)(H,21,24). The minimum absolute atomic E-state index is 0.171. The molecule has 0 heterocycles. The molecule has 0 aliphatic carbocycles. The second-order valence-electron chi connectivity index (χ2n) is 6.27. The van der Waals surface area contributed by atoms with Crippen LogP contribution in [0, 0.1) is 20.2 Å². The number of hydrogen-bond donors (Lipinski definition) is 2. The van der Waals surface area contributed by atoms with Crippen molar-refractivity contribution in [3.8, 4) is 5.75 Å². The number of nitrogens with one attached hydrogen (secondary N) is 2. The Morgan fingerprint density at radius 2 is 1.63 bits per heavy atom. The quantitative estimate of drug-likeness (QED) is 0.464. The highest BCUT2D eigenvalue weighted by Crippen LogP contribution is 2.29. The van der Waals surface area contributed by atoms with Gasteiger partial charge in [-0.25, -0.2) is 0 Å². The lowest BCUT2D eigenvalue weighted by Gasteiger charge is -2.12. The van der Waals surface area contributed by atoms with E-state index < -0.39 is 27.1 Å². The second-order valence-corrected chi connectivity index (χ2v) is 6.27. The third-order valence-corrected chi connectivity index (χ3v) is 4.08. The van der Waals surface area contributed by atoms with Crippen LogP contribution in [0.3, 0.4) is 0 Å². The zero-order valence-electron chi connectivity index (χ0n) is 16.3. The van der Waals surface area contributed by atoms with E-state index in [2.05, 4.69) is 10.6 Å². The molecular formula is C19H20N4O7. The topological polar surface area (TPSA) is 154 Å². The summed E-state index contributed by atoms with van der Waals surface area (Å²) >= 11 is 0. The lowest BCUT2D eigenvalue weighted by molar-refractivity contribution is -0.394. The lowest BCUT2D eigenvalue weighted by atomic mass is 10.1. The Balaban J connectivity index is 2.23. The Kier molecular flexibility index (Phi) is 7.39. The monoisotopic (exact) mass is 416 g/mol. The Hall–Kier alpha value is -4.02. The highest BCUT2D eigenvalue weighted by atomic mass is 16.6. The van der Waals surface area contributed by atoms with Gasteiger partial charge in [-0.05, 0) is 18.6 Å². The van der Waals surface area contributed by atoms with Gasteiger partial charge in [-0.3, -0.25) is 29.8 Å². The Labute approximate surface area is 171 Å². The molecule has 30 heavy (non-hydrogen) atoms. The number of nitro benzene ring substituents is 2. The first-order valence-electron chi connectivity index (χ1n) is 8.98. The van der Waals surface area contributed by atoms with Crippen molar-refractivity contribution in [1.82, 2.24) is 0 Å². The molecule has 0 bridgehead atoms. The maximum absolute atomic E-state index is 12.5. The van der Waals surface area contributed by atoms with Gasteiger partial charge >= 0.3 is 0 Å². The van der Waals surface area contributed by atoms with Crippen molar-refractivity contribution in [1.29, 1.82) is 0 Å². The van der Waals surface area contributed by atoms with Gasteiger partial charge in [0.25, 0.3) is 17.3 Å².